The summed E-state index contributed by atoms with van der Waals surface area (Å²) in [6.07, 6.45) is 0. The maximum atomic E-state index is 6.44. The topological polar surface area (TPSA) is 77.8 Å². The highest BCUT2D eigenvalue weighted by molar-refractivity contribution is 7.25. The van der Waals surface area contributed by atoms with Gasteiger partial charge in [-0.25, -0.2) is 19.9 Å². The lowest BCUT2D eigenvalue weighted by atomic mass is 10.0. The molecule has 0 aliphatic heterocycles. The molecule has 0 spiro atoms. The maximum Gasteiger partial charge on any atom is 0.227 e. The Morgan fingerprint density at radius 3 is 2.00 bits per heavy atom. The fourth-order valence-electron chi connectivity index (χ4n) is 6.43. The van der Waals surface area contributed by atoms with Crippen LogP contribution in [0.25, 0.3) is 98.8 Å². The van der Waals surface area contributed by atoms with Gasteiger partial charge in [-0.1, -0.05) is 84.9 Å². The summed E-state index contributed by atoms with van der Waals surface area (Å²) in [6, 6.07) is 44.8. The molecule has 0 unspecified atom stereocenters. The van der Waals surface area contributed by atoms with E-state index in [0.717, 1.165) is 60.7 Å². The SMILES string of the molecule is c1ccc(-c2nc(-c3cccc4oc5cc(-c6nc7ccccc7o6)ccc5c34)nc(-c3cccc4sc5ccccc5c34)n2)cc1. The number of hydrogen-bond donors (Lipinski definition) is 0. The van der Waals surface area contributed by atoms with Gasteiger partial charge >= 0.3 is 0 Å². The van der Waals surface area contributed by atoms with E-state index in [1.165, 1.54) is 14.8 Å². The molecule has 0 amide bonds. The van der Waals surface area contributed by atoms with Crippen molar-refractivity contribution >= 4 is 64.5 Å². The van der Waals surface area contributed by atoms with Crippen LogP contribution in [0.5, 0.6) is 0 Å². The largest absolute Gasteiger partial charge is 0.456 e. The average Bonchev–Trinajstić information content (AvgIpc) is 3.84. The number of rotatable bonds is 4. The lowest BCUT2D eigenvalue weighted by Crippen LogP contribution is -2.00. The highest BCUT2D eigenvalue weighted by Gasteiger charge is 2.20. The van der Waals surface area contributed by atoms with Crippen LogP contribution in [0, 0.1) is 0 Å². The Balaban J connectivity index is 1.20. The molecule has 0 aliphatic carbocycles. The van der Waals surface area contributed by atoms with Crippen molar-refractivity contribution in [2.75, 3.05) is 0 Å². The van der Waals surface area contributed by atoms with E-state index in [-0.39, 0.29) is 0 Å². The molecule has 47 heavy (non-hydrogen) atoms. The molecule has 0 saturated heterocycles. The van der Waals surface area contributed by atoms with Crippen LogP contribution in [0.15, 0.2) is 142 Å². The van der Waals surface area contributed by atoms with Crippen LogP contribution < -0.4 is 0 Å². The third-order valence-electron chi connectivity index (χ3n) is 8.59. The molecule has 0 aliphatic rings. The van der Waals surface area contributed by atoms with Gasteiger partial charge in [0, 0.05) is 53.2 Å². The van der Waals surface area contributed by atoms with Gasteiger partial charge in [0.15, 0.2) is 23.1 Å². The monoisotopic (exact) mass is 622 g/mol. The molecule has 0 atom stereocenters. The molecule has 0 N–H and O–H groups in total. The Morgan fingerprint density at radius 1 is 0.426 bits per heavy atom. The van der Waals surface area contributed by atoms with Crippen molar-refractivity contribution in [3.8, 4) is 45.6 Å². The molecule has 4 aromatic heterocycles. The summed E-state index contributed by atoms with van der Waals surface area (Å²) in [5.41, 5.74) is 6.68. The number of para-hydroxylation sites is 2. The van der Waals surface area contributed by atoms with Crippen molar-refractivity contribution in [1.29, 1.82) is 0 Å². The molecule has 0 bridgehead atoms. The number of oxazole rings is 1. The van der Waals surface area contributed by atoms with E-state index in [9.17, 15) is 0 Å². The molecule has 10 aromatic rings. The lowest BCUT2D eigenvalue weighted by molar-refractivity contribution is 0.619. The van der Waals surface area contributed by atoms with E-state index < -0.39 is 0 Å². The third kappa shape index (κ3) is 4.17. The van der Waals surface area contributed by atoms with Crippen LogP contribution in [0.1, 0.15) is 0 Å². The van der Waals surface area contributed by atoms with Gasteiger partial charge < -0.3 is 8.83 Å². The maximum absolute atomic E-state index is 6.44. The molecular weight excluding hydrogens is 601 g/mol. The van der Waals surface area contributed by atoms with Gasteiger partial charge in [-0.2, -0.15) is 0 Å². The Morgan fingerprint density at radius 2 is 1.13 bits per heavy atom. The second kappa shape index (κ2) is 10.2. The molecule has 220 valence electrons. The fraction of sp³-hybridized carbons (Fsp3) is 0. The number of aromatic nitrogens is 4. The molecule has 0 saturated carbocycles. The summed E-state index contributed by atoms with van der Waals surface area (Å²) in [5, 5.41) is 4.26. The predicted octanol–water partition coefficient (Wildman–Crippen LogP) is 10.9. The Hall–Kier alpha value is -6.18. The number of furan rings is 1. The Labute approximate surface area is 271 Å². The van der Waals surface area contributed by atoms with Crippen LogP contribution >= 0.6 is 11.3 Å². The Bertz CT molecular complexity index is 2780. The highest BCUT2D eigenvalue weighted by atomic mass is 32.1. The van der Waals surface area contributed by atoms with Crippen molar-refractivity contribution < 1.29 is 8.83 Å². The second-order valence-corrected chi connectivity index (χ2v) is 12.5. The number of benzene rings is 6. The van der Waals surface area contributed by atoms with Gasteiger partial charge in [0.25, 0.3) is 0 Å². The van der Waals surface area contributed by atoms with Crippen molar-refractivity contribution in [1.82, 2.24) is 19.9 Å². The van der Waals surface area contributed by atoms with Crippen molar-refractivity contribution in [2.24, 2.45) is 0 Å². The third-order valence-corrected chi connectivity index (χ3v) is 9.73. The summed E-state index contributed by atoms with van der Waals surface area (Å²) >= 11 is 1.78. The van der Waals surface area contributed by atoms with E-state index in [1.54, 1.807) is 11.3 Å². The van der Waals surface area contributed by atoms with E-state index in [2.05, 4.69) is 59.6 Å². The number of nitrogens with zero attached hydrogens (tertiary/aromatic N) is 4. The van der Waals surface area contributed by atoms with Crippen LogP contribution in [0.4, 0.5) is 0 Å². The van der Waals surface area contributed by atoms with E-state index in [1.807, 2.05) is 78.9 Å². The summed E-state index contributed by atoms with van der Waals surface area (Å²) in [7, 11) is 0. The molecule has 10 rings (SSSR count). The molecule has 4 heterocycles. The lowest BCUT2D eigenvalue weighted by Gasteiger charge is -2.10. The number of thiophene rings is 1. The second-order valence-electron chi connectivity index (χ2n) is 11.4. The van der Waals surface area contributed by atoms with Crippen molar-refractivity contribution in [2.45, 2.75) is 0 Å². The van der Waals surface area contributed by atoms with E-state index >= 15 is 0 Å². The Kier molecular flexibility index (Phi) is 5.64. The van der Waals surface area contributed by atoms with Gasteiger partial charge in [0.2, 0.25) is 5.89 Å². The normalized spacial score (nSPS) is 11.8. The van der Waals surface area contributed by atoms with Crippen LogP contribution in [0.2, 0.25) is 0 Å². The first-order valence-electron chi connectivity index (χ1n) is 15.3. The molecule has 6 aromatic carbocycles. The minimum atomic E-state index is 0.554. The summed E-state index contributed by atoms with van der Waals surface area (Å²) in [5.74, 6) is 2.39. The minimum Gasteiger partial charge on any atom is -0.456 e. The average molecular weight is 623 g/mol. The van der Waals surface area contributed by atoms with Gasteiger partial charge in [0.1, 0.15) is 16.7 Å². The summed E-state index contributed by atoms with van der Waals surface area (Å²) in [4.78, 5) is 20.0. The standard InChI is InChI=1S/C40H22N4O2S/c1-2-10-23(11-3-1)37-42-38(44-39(43-37)28-14-9-19-34-36(28)26-12-4-7-18-33(26)47-34)27-13-8-17-31-35(27)25-21-20-24(22-32(25)45-31)40-41-29-15-5-6-16-30(29)46-40/h1-22H. The van der Waals surface area contributed by atoms with Gasteiger partial charge in [-0.3, -0.25) is 0 Å². The smallest absolute Gasteiger partial charge is 0.227 e. The van der Waals surface area contributed by atoms with Gasteiger partial charge in [-0.05, 0) is 48.5 Å². The van der Waals surface area contributed by atoms with Crippen LogP contribution in [-0.4, -0.2) is 19.9 Å². The van der Waals surface area contributed by atoms with Crippen LogP contribution in [-0.2, 0) is 0 Å². The van der Waals surface area contributed by atoms with Gasteiger partial charge in [0.05, 0.1) is 0 Å². The molecule has 0 radical (unpaired) electrons. The zero-order chi connectivity index (χ0) is 30.9. The van der Waals surface area contributed by atoms with Crippen LogP contribution in [0.3, 0.4) is 0 Å². The predicted molar refractivity (Wildman–Crippen MR) is 189 cm³/mol. The molecule has 7 heteroatoms. The van der Waals surface area contributed by atoms with Crippen molar-refractivity contribution in [3.63, 3.8) is 0 Å². The highest BCUT2D eigenvalue weighted by Crippen LogP contribution is 2.41. The quantitative estimate of drug-likeness (QED) is 0.194. The number of fused-ring (bicyclic) bond motifs is 7. The van der Waals surface area contributed by atoms with E-state index in [4.69, 9.17) is 23.8 Å². The molecular formula is C40H22N4O2S. The van der Waals surface area contributed by atoms with E-state index in [0.29, 0.717) is 23.4 Å². The van der Waals surface area contributed by atoms with Crippen molar-refractivity contribution in [3.05, 3.63) is 133 Å². The molecule has 6 nitrogen and oxygen atoms in total. The first kappa shape index (κ1) is 26.1. The van der Waals surface area contributed by atoms with Gasteiger partial charge in [-0.15, -0.1) is 11.3 Å². The number of hydrogen-bond acceptors (Lipinski definition) is 7. The first-order valence-corrected chi connectivity index (χ1v) is 16.1. The zero-order valence-electron chi connectivity index (χ0n) is 24.7. The summed E-state index contributed by atoms with van der Waals surface area (Å²) in [6.45, 7) is 0. The zero-order valence-corrected chi connectivity index (χ0v) is 25.5. The minimum absolute atomic E-state index is 0.554. The first-order chi connectivity index (χ1) is 23.3. The molecule has 0 fully saturated rings. The fourth-order valence-corrected chi connectivity index (χ4v) is 7.57. The summed E-state index contributed by atoms with van der Waals surface area (Å²) < 4.78 is 14.9.